The summed E-state index contributed by atoms with van der Waals surface area (Å²) in [5.41, 5.74) is 2.46. The number of H-pyrrole nitrogens is 1. The van der Waals surface area contributed by atoms with Gasteiger partial charge in [0.1, 0.15) is 16.9 Å². The second-order valence-corrected chi connectivity index (χ2v) is 14.5. The maximum Gasteiger partial charge on any atom is 0.330 e. The lowest BCUT2D eigenvalue weighted by molar-refractivity contribution is -0.142. The molecule has 1 aromatic rings. The summed E-state index contributed by atoms with van der Waals surface area (Å²) >= 11 is 1.01. The Morgan fingerprint density at radius 1 is 0.873 bits per heavy atom. The van der Waals surface area contributed by atoms with E-state index >= 15 is 0 Å². The summed E-state index contributed by atoms with van der Waals surface area (Å²) in [6.45, 7) is 15.3. The molecule has 0 fully saturated rings. The standard InChI is InChI=1S/C38H54N6O10S/c1-8-29(49)54-17-13-11-15-26(45)43-34-32(36(50)39-9-2)30(21(4)5)23(41-34)19-24-31(22(6)7)33(37(51)40-10-3)35(42-24)44-27(46)16-12-14-18-55-25(38(52)53)20-28(47)48/h8,19,21-22,25,42H,1,9-18,20H2,2-7H3,(H,39,50)(H,40,51)(H,44,46)(H,47,48)(H,52,53)(H,41,43,45). The number of amidine groups is 1. The summed E-state index contributed by atoms with van der Waals surface area (Å²) in [5, 5.41) is 28.3. The van der Waals surface area contributed by atoms with Crippen molar-refractivity contribution in [3.63, 3.8) is 0 Å². The summed E-state index contributed by atoms with van der Waals surface area (Å²) in [6.07, 6.45) is 4.11. The number of aromatic amines is 1. The van der Waals surface area contributed by atoms with E-state index in [0.29, 0.717) is 67.1 Å². The van der Waals surface area contributed by atoms with Crippen LogP contribution >= 0.6 is 11.8 Å². The number of carbonyl (C=O) groups is 7. The number of nitrogens with one attached hydrogen (secondary N) is 5. The number of aliphatic carboxylic acids is 2. The van der Waals surface area contributed by atoms with Gasteiger partial charge in [-0.25, -0.2) is 9.79 Å². The monoisotopic (exact) mass is 786 g/mol. The number of unbranched alkanes of at least 4 members (excludes halogenated alkanes) is 2. The number of amides is 4. The number of hydrogen-bond donors (Lipinski definition) is 7. The van der Waals surface area contributed by atoms with Crippen LogP contribution in [0.15, 0.2) is 34.5 Å². The van der Waals surface area contributed by atoms with Gasteiger partial charge in [-0.3, -0.25) is 28.8 Å². The van der Waals surface area contributed by atoms with Gasteiger partial charge in [0.05, 0.1) is 29.9 Å². The minimum Gasteiger partial charge on any atom is -0.481 e. The Morgan fingerprint density at radius 3 is 2.05 bits per heavy atom. The molecule has 7 N–H and O–H groups in total. The first-order valence-electron chi connectivity index (χ1n) is 18.4. The van der Waals surface area contributed by atoms with Crippen molar-refractivity contribution in [2.75, 3.05) is 30.8 Å². The molecule has 16 nitrogen and oxygen atoms in total. The zero-order chi connectivity index (χ0) is 41.2. The third-order valence-corrected chi connectivity index (χ3v) is 9.43. The van der Waals surface area contributed by atoms with Gasteiger partial charge in [0, 0.05) is 37.7 Å². The van der Waals surface area contributed by atoms with Crippen LogP contribution in [0.1, 0.15) is 114 Å². The minimum atomic E-state index is -1.21. The van der Waals surface area contributed by atoms with Gasteiger partial charge >= 0.3 is 17.9 Å². The fraction of sp³-hybridized carbons (Fsp3) is 0.526. The van der Waals surface area contributed by atoms with Crippen LogP contribution in [0.3, 0.4) is 0 Å². The summed E-state index contributed by atoms with van der Waals surface area (Å²) < 4.78 is 4.96. The lowest BCUT2D eigenvalue weighted by atomic mass is 9.93. The topological polar surface area (TPSA) is 245 Å². The number of anilines is 1. The molecule has 0 saturated carbocycles. The van der Waals surface area contributed by atoms with Gasteiger partial charge in [-0.1, -0.05) is 34.3 Å². The first-order valence-corrected chi connectivity index (χ1v) is 19.4. The van der Waals surface area contributed by atoms with Crippen molar-refractivity contribution in [3.05, 3.63) is 46.3 Å². The molecule has 302 valence electrons. The third-order valence-electron chi connectivity index (χ3n) is 8.13. The molecule has 1 aliphatic heterocycles. The highest BCUT2D eigenvalue weighted by Crippen LogP contribution is 2.37. The molecule has 17 heteroatoms. The summed E-state index contributed by atoms with van der Waals surface area (Å²) in [5.74, 6) is -4.43. The van der Waals surface area contributed by atoms with Crippen molar-refractivity contribution >= 4 is 71.0 Å². The molecule has 2 heterocycles. The number of ether oxygens (including phenoxy) is 1. The quantitative estimate of drug-likeness (QED) is 0.0462. The number of hydrogen-bond acceptors (Lipinski definition) is 10. The normalized spacial score (nSPS) is 13.7. The molecule has 0 bridgehead atoms. The van der Waals surface area contributed by atoms with Crippen molar-refractivity contribution < 1.29 is 48.5 Å². The zero-order valence-electron chi connectivity index (χ0n) is 32.4. The molecule has 1 atom stereocenters. The largest absolute Gasteiger partial charge is 0.481 e. The van der Waals surface area contributed by atoms with Gasteiger partial charge in [0.15, 0.2) is 0 Å². The second kappa shape index (κ2) is 22.9. The number of aliphatic imine (C=N–C) groups is 1. The molecule has 0 saturated heterocycles. The van der Waals surface area contributed by atoms with Gasteiger partial charge < -0.3 is 41.2 Å². The fourth-order valence-electron chi connectivity index (χ4n) is 5.72. The maximum absolute atomic E-state index is 13.5. The van der Waals surface area contributed by atoms with E-state index in [1.54, 1.807) is 19.9 Å². The van der Waals surface area contributed by atoms with Crippen LogP contribution in [0.25, 0.3) is 6.08 Å². The number of nitrogens with zero attached hydrogens (tertiary/aromatic N) is 1. The molecule has 4 amide bonds. The maximum atomic E-state index is 13.5. The molecular weight excluding hydrogens is 733 g/mol. The van der Waals surface area contributed by atoms with Gasteiger partial charge in [-0.15, -0.1) is 11.8 Å². The predicted molar refractivity (Wildman–Crippen MR) is 211 cm³/mol. The molecule has 0 radical (unpaired) electrons. The fourth-order valence-corrected chi connectivity index (χ4v) is 6.78. The van der Waals surface area contributed by atoms with Gasteiger partial charge in [0.2, 0.25) is 11.8 Å². The number of esters is 1. The highest BCUT2D eigenvalue weighted by molar-refractivity contribution is 8.00. The molecular formula is C38H54N6O10S. The molecule has 0 aliphatic carbocycles. The molecule has 0 spiro atoms. The molecule has 0 aromatic carbocycles. The summed E-state index contributed by atoms with van der Waals surface area (Å²) in [4.78, 5) is 94.6. The first kappa shape index (κ1) is 46.0. The van der Waals surface area contributed by atoms with Crippen molar-refractivity contribution in [1.29, 1.82) is 0 Å². The molecule has 1 aromatic heterocycles. The second-order valence-electron chi connectivity index (χ2n) is 13.2. The highest BCUT2D eigenvalue weighted by Gasteiger charge is 2.33. The smallest absolute Gasteiger partial charge is 0.330 e. The Balaban J connectivity index is 2.46. The van der Waals surface area contributed by atoms with Crippen molar-refractivity contribution in [2.24, 2.45) is 10.9 Å². The highest BCUT2D eigenvalue weighted by atomic mass is 32.2. The van der Waals surface area contributed by atoms with Crippen molar-refractivity contribution in [3.8, 4) is 0 Å². The number of aromatic nitrogens is 1. The van der Waals surface area contributed by atoms with Crippen LogP contribution in [0.4, 0.5) is 5.82 Å². The predicted octanol–water partition coefficient (Wildman–Crippen LogP) is 4.52. The number of allylic oxidation sites excluding steroid dienone is 1. The zero-order valence-corrected chi connectivity index (χ0v) is 33.2. The van der Waals surface area contributed by atoms with Crippen LogP contribution in [0.2, 0.25) is 0 Å². The Morgan fingerprint density at radius 2 is 1.49 bits per heavy atom. The van der Waals surface area contributed by atoms with E-state index in [-0.39, 0.29) is 60.0 Å². The summed E-state index contributed by atoms with van der Waals surface area (Å²) in [6, 6.07) is 0. The number of likely N-dealkylation sites (N-methyl/N-ethyl adjacent to an activating group) is 1. The van der Waals surface area contributed by atoms with Crippen molar-refractivity contribution in [1.82, 2.24) is 20.9 Å². The van der Waals surface area contributed by atoms with E-state index in [9.17, 15) is 38.7 Å². The number of carboxylic acids is 2. The van der Waals surface area contributed by atoms with Crippen LogP contribution < -0.4 is 21.3 Å². The Bertz CT molecular complexity index is 1710. The van der Waals surface area contributed by atoms with Crippen LogP contribution in [-0.4, -0.2) is 93.3 Å². The van der Waals surface area contributed by atoms with E-state index < -0.39 is 47.3 Å². The van der Waals surface area contributed by atoms with E-state index in [1.165, 1.54) is 0 Å². The Hall–Kier alpha value is -5.19. The Labute approximate surface area is 325 Å². The lowest BCUT2D eigenvalue weighted by Gasteiger charge is -2.14. The van der Waals surface area contributed by atoms with E-state index in [2.05, 4.69) is 32.8 Å². The minimum absolute atomic E-state index is 0.0575. The van der Waals surface area contributed by atoms with E-state index in [0.717, 1.165) is 17.8 Å². The van der Waals surface area contributed by atoms with Crippen LogP contribution in [0, 0.1) is 5.92 Å². The Kier molecular flexibility index (Phi) is 19.1. The third kappa shape index (κ3) is 14.2. The number of carbonyl (C=O) groups excluding carboxylic acids is 5. The van der Waals surface area contributed by atoms with Crippen LogP contribution in [0.5, 0.6) is 0 Å². The summed E-state index contributed by atoms with van der Waals surface area (Å²) in [7, 11) is 0. The van der Waals surface area contributed by atoms with Gasteiger partial charge in [-0.2, -0.15) is 0 Å². The lowest BCUT2D eigenvalue weighted by Crippen LogP contribution is -2.37. The van der Waals surface area contributed by atoms with E-state index in [4.69, 9.17) is 14.8 Å². The number of thioether (sulfide) groups is 1. The van der Waals surface area contributed by atoms with Crippen molar-refractivity contribution in [2.45, 2.75) is 97.7 Å². The molecule has 1 unspecified atom stereocenters. The van der Waals surface area contributed by atoms with Gasteiger partial charge in [0.25, 0.3) is 11.8 Å². The van der Waals surface area contributed by atoms with Crippen LogP contribution in [-0.2, 0) is 33.5 Å². The first-order chi connectivity index (χ1) is 26.1. The number of rotatable bonds is 23. The molecule has 1 aliphatic rings. The van der Waals surface area contributed by atoms with Gasteiger partial charge in [-0.05, 0) is 74.3 Å². The average molecular weight is 787 g/mol. The van der Waals surface area contributed by atoms with E-state index in [1.807, 2.05) is 27.7 Å². The molecule has 55 heavy (non-hydrogen) atoms. The number of carboxylic acid groups (broad SMARTS) is 2. The SMILES string of the molecule is C=CC(=O)OCCCCC(=O)NC1=NC(=Cc2[nH]c(NC(=O)CCCCSC(CC(=O)O)C(=O)O)c(C(=O)NCC)c2C(C)C)C(C(C)C)=C1C(=O)NCC. The average Bonchev–Trinajstić information content (AvgIpc) is 3.64. The molecule has 2 rings (SSSR count).